The zero-order chi connectivity index (χ0) is 17.3. The molecule has 122 valence electrons. The molecule has 3 aromatic rings. The number of carbonyl (C=O) groups excluding carboxylic acids is 1. The molecule has 0 aliphatic heterocycles. The van der Waals surface area contributed by atoms with Crippen LogP contribution >= 0.6 is 0 Å². The number of aryl methyl sites for hydroxylation is 4. The monoisotopic (exact) mass is 319 g/mol. The average molecular weight is 319 g/mol. The maximum atomic E-state index is 12.5. The van der Waals surface area contributed by atoms with Gasteiger partial charge in [0.05, 0.1) is 12.0 Å². The van der Waals surface area contributed by atoms with Gasteiger partial charge in [-0.1, -0.05) is 6.07 Å². The van der Waals surface area contributed by atoms with Crippen molar-refractivity contribution < 1.29 is 4.79 Å². The van der Waals surface area contributed by atoms with Gasteiger partial charge in [0.25, 0.3) is 5.91 Å². The summed E-state index contributed by atoms with van der Waals surface area (Å²) in [6, 6.07) is 11.7. The predicted molar refractivity (Wildman–Crippen MR) is 96.9 cm³/mol. The number of hydrogen-bond donors (Lipinski definition) is 1. The second-order valence-electron chi connectivity index (χ2n) is 6.23. The smallest absolute Gasteiger partial charge is 0.255 e. The van der Waals surface area contributed by atoms with Gasteiger partial charge in [-0.2, -0.15) is 0 Å². The summed E-state index contributed by atoms with van der Waals surface area (Å²) in [5.41, 5.74) is 6.75. The Morgan fingerprint density at radius 2 is 1.79 bits per heavy atom. The van der Waals surface area contributed by atoms with E-state index in [0.29, 0.717) is 5.56 Å². The lowest BCUT2D eigenvalue weighted by Gasteiger charge is -2.11. The Bertz CT molecular complexity index is 909. The summed E-state index contributed by atoms with van der Waals surface area (Å²) in [5, 5.41) is 2.99. The summed E-state index contributed by atoms with van der Waals surface area (Å²) in [6.45, 7) is 8.02. The van der Waals surface area contributed by atoms with Crippen LogP contribution in [0.3, 0.4) is 0 Å². The molecule has 24 heavy (non-hydrogen) atoms. The fourth-order valence-electron chi connectivity index (χ4n) is 2.63. The minimum Gasteiger partial charge on any atom is -0.322 e. The first-order valence-corrected chi connectivity index (χ1v) is 7.93. The van der Waals surface area contributed by atoms with E-state index in [2.05, 4.69) is 16.4 Å². The van der Waals surface area contributed by atoms with Crippen molar-refractivity contribution in [3.8, 4) is 5.69 Å². The van der Waals surface area contributed by atoms with E-state index in [1.54, 1.807) is 6.33 Å². The first-order chi connectivity index (χ1) is 11.4. The molecule has 2 aromatic carbocycles. The van der Waals surface area contributed by atoms with Crippen LogP contribution < -0.4 is 5.32 Å². The van der Waals surface area contributed by atoms with E-state index in [4.69, 9.17) is 0 Å². The Morgan fingerprint density at radius 1 is 1.00 bits per heavy atom. The number of nitrogens with zero attached hydrogens (tertiary/aromatic N) is 2. The van der Waals surface area contributed by atoms with Crippen LogP contribution in [0, 0.1) is 27.7 Å². The van der Waals surface area contributed by atoms with E-state index in [1.165, 1.54) is 5.56 Å². The minimum atomic E-state index is -0.100. The Balaban J connectivity index is 1.88. The molecule has 0 aliphatic rings. The maximum Gasteiger partial charge on any atom is 0.255 e. The largest absolute Gasteiger partial charge is 0.322 e. The third-order valence-corrected chi connectivity index (χ3v) is 4.10. The summed E-state index contributed by atoms with van der Waals surface area (Å²) in [6.07, 6.45) is 3.74. The number of carbonyl (C=O) groups is 1. The summed E-state index contributed by atoms with van der Waals surface area (Å²) < 4.78 is 1.95. The average Bonchev–Trinajstić information content (AvgIpc) is 2.96. The summed E-state index contributed by atoms with van der Waals surface area (Å²) in [5.74, 6) is -0.100. The number of nitrogens with one attached hydrogen (secondary N) is 1. The lowest BCUT2D eigenvalue weighted by Crippen LogP contribution is -2.12. The van der Waals surface area contributed by atoms with E-state index >= 15 is 0 Å². The molecule has 0 bridgehead atoms. The predicted octanol–water partition coefficient (Wildman–Crippen LogP) is 4.36. The van der Waals surface area contributed by atoms with E-state index in [-0.39, 0.29) is 5.91 Å². The van der Waals surface area contributed by atoms with Gasteiger partial charge in [0.2, 0.25) is 0 Å². The van der Waals surface area contributed by atoms with Gasteiger partial charge in [-0.3, -0.25) is 4.79 Å². The van der Waals surface area contributed by atoms with Crippen molar-refractivity contribution in [1.29, 1.82) is 0 Å². The molecule has 0 saturated carbocycles. The number of amides is 1. The molecule has 1 amide bonds. The van der Waals surface area contributed by atoms with Gasteiger partial charge in [-0.05, 0) is 74.7 Å². The lowest BCUT2D eigenvalue weighted by molar-refractivity contribution is 0.102. The van der Waals surface area contributed by atoms with Crippen LogP contribution in [0.25, 0.3) is 5.69 Å². The number of aromatic nitrogens is 2. The van der Waals surface area contributed by atoms with Crippen LogP contribution in [0.4, 0.5) is 5.69 Å². The summed E-state index contributed by atoms with van der Waals surface area (Å²) in [7, 11) is 0. The molecule has 0 radical (unpaired) electrons. The first-order valence-electron chi connectivity index (χ1n) is 7.93. The molecule has 4 heteroatoms. The second-order valence-corrected chi connectivity index (χ2v) is 6.23. The van der Waals surface area contributed by atoms with Crippen molar-refractivity contribution >= 4 is 11.6 Å². The third-order valence-electron chi connectivity index (χ3n) is 4.10. The van der Waals surface area contributed by atoms with Crippen LogP contribution in [0.2, 0.25) is 0 Å². The summed E-state index contributed by atoms with van der Waals surface area (Å²) in [4.78, 5) is 16.8. The number of hydrogen-bond acceptors (Lipinski definition) is 2. The maximum absolute atomic E-state index is 12.5. The zero-order valence-electron chi connectivity index (χ0n) is 14.4. The normalized spacial score (nSPS) is 10.7. The summed E-state index contributed by atoms with van der Waals surface area (Å²) >= 11 is 0. The fraction of sp³-hybridized carbons (Fsp3) is 0.200. The van der Waals surface area contributed by atoms with Gasteiger partial charge in [0.15, 0.2) is 0 Å². The molecule has 4 nitrogen and oxygen atoms in total. The van der Waals surface area contributed by atoms with Crippen molar-refractivity contribution in [3.05, 3.63) is 76.9 Å². The number of imidazole rings is 1. The Hall–Kier alpha value is -2.88. The van der Waals surface area contributed by atoms with Gasteiger partial charge in [-0.15, -0.1) is 0 Å². The quantitative estimate of drug-likeness (QED) is 0.780. The molecular weight excluding hydrogens is 298 g/mol. The van der Waals surface area contributed by atoms with Crippen molar-refractivity contribution in [2.24, 2.45) is 0 Å². The molecule has 0 unspecified atom stereocenters. The highest BCUT2D eigenvalue weighted by Crippen LogP contribution is 2.20. The Morgan fingerprint density at radius 3 is 2.46 bits per heavy atom. The van der Waals surface area contributed by atoms with Crippen LogP contribution in [0.1, 0.15) is 32.7 Å². The lowest BCUT2D eigenvalue weighted by atomic mass is 10.1. The number of benzene rings is 2. The molecule has 0 saturated heterocycles. The van der Waals surface area contributed by atoms with Crippen LogP contribution in [-0.2, 0) is 0 Å². The van der Waals surface area contributed by atoms with Gasteiger partial charge in [0.1, 0.15) is 0 Å². The van der Waals surface area contributed by atoms with E-state index in [1.807, 2.05) is 68.8 Å². The van der Waals surface area contributed by atoms with E-state index < -0.39 is 0 Å². The molecule has 1 N–H and O–H groups in total. The van der Waals surface area contributed by atoms with Crippen molar-refractivity contribution in [2.75, 3.05) is 5.32 Å². The topological polar surface area (TPSA) is 46.9 Å². The fourth-order valence-corrected chi connectivity index (χ4v) is 2.63. The van der Waals surface area contributed by atoms with Crippen molar-refractivity contribution in [3.63, 3.8) is 0 Å². The van der Waals surface area contributed by atoms with Crippen molar-refractivity contribution in [2.45, 2.75) is 27.7 Å². The van der Waals surface area contributed by atoms with E-state index in [0.717, 1.165) is 28.2 Å². The van der Waals surface area contributed by atoms with Gasteiger partial charge in [-0.25, -0.2) is 4.98 Å². The molecule has 0 atom stereocenters. The van der Waals surface area contributed by atoms with Gasteiger partial charge < -0.3 is 9.88 Å². The zero-order valence-corrected chi connectivity index (χ0v) is 14.4. The van der Waals surface area contributed by atoms with Crippen LogP contribution in [-0.4, -0.2) is 15.5 Å². The molecule has 1 heterocycles. The standard InChI is InChI=1S/C20H21N3O/c1-13-7-18(10-19(8-13)23-11-16(4)21-12-23)22-20(24)17-6-5-14(2)15(3)9-17/h5-12H,1-4H3,(H,22,24). The molecule has 1 aromatic heterocycles. The first kappa shape index (κ1) is 16.0. The molecule has 0 fully saturated rings. The highest BCUT2D eigenvalue weighted by Gasteiger charge is 2.09. The SMILES string of the molecule is Cc1cc(NC(=O)c2ccc(C)c(C)c2)cc(-n2cnc(C)c2)c1. The highest BCUT2D eigenvalue weighted by atomic mass is 16.1. The van der Waals surface area contributed by atoms with E-state index in [9.17, 15) is 4.79 Å². The number of anilines is 1. The number of rotatable bonds is 3. The van der Waals surface area contributed by atoms with Crippen molar-refractivity contribution in [1.82, 2.24) is 9.55 Å². The highest BCUT2D eigenvalue weighted by molar-refractivity contribution is 6.04. The van der Waals surface area contributed by atoms with Crippen LogP contribution in [0.15, 0.2) is 48.9 Å². The van der Waals surface area contributed by atoms with Crippen LogP contribution in [0.5, 0.6) is 0 Å². The Labute approximate surface area is 142 Å². The third kappa shape index (κ3) is 3.38. The minimum absolute atomic E-state index is 0.100. The Kier molecular flexibility index (Phi) is 4.21. The molecule has 0 spiro atoms. The van der Waals surface area contributed by atoms with Gasteiger partial charge in [0, 0.05) is 23.1 Å². The molecule has 3 rings (SSSR count). The second kappa shape index (κ2) is 6.32. The molecular formula is C20H21N3O. The molecule has 0 aliphatic carbocycles. The van der Waals surface area contributed by atoms with Gasteiger partial charge >= 0.3 is 0 Å².